The number of amides is 1. The highest BCUT2D eigenvalue weighted by atomic mass is 32.2. The maximum atomic E-state index is 13.4. The average Bonchev–Trinajstić information content (AvgIpc) is 3.09. The first kappa shape index (κ1) is 18.6. The zero-order valence-electron chi connectivity index (χ0n) is 15.8. The third-order valence-corrected chi connectivity index (χ3v) is 6.42. The van der Waals surface area contributed by atoms with E-state index >= 15 is 0 Å². The van der Waals surface area contributed by atoms with Crippen molar-refractivity contribution in [3.63, 3.8) is 0 Å². The molecular formula is C21H20FN3O2S. The van der Waals surface area contributed by atoms with Gasteiger partial charge in [0, 0.05) is 7.05 Å². The highest BCUT2D eigenvalue weighted by Gasteiger charge is 2.42. The molecular weight excluding hydrogens is 377 g/mol. The van der Waals surface area contributed by atoms with Crippen LogP contribution in [0.5, 0.6) is 0 Å². The molecule has 1 aromatic heterocycles. The Morgan fingerprint density at radius 3 is 2.29 bits per heavy atom. The van der Waals surface area contributed by atoms with Crippen LogP contribution < -0.4 is 10.5 Å². The van der Waals surface area contributed by atoms with Crippen molar-refractivity contribution in [3.8, 4) is 5.69 Å². The average molecular weight is 397 g/mol. The van der Waals surface area contributed by atoms with Crippen molar-refractivity contribution in [3.05, 3.63) is 82.0 Å². The summed E-state index contributed by atoms with van der Waals surface area (Å²) in [5.41, 5.74) is 2.33. The minimum absolute atomic E-state index is 0.120. The number of aromatic nitrogens is 2. The maximum absolute atomic E-state index is 13.4. The molecule has 4 rings (SSSR count). The second-order valence-corrected chi connectivity index (χ2v) is 8.23. The van der Waals surface area contributed by atoms with Gasteiger partial charge in [0.15, 0.2) is 0 Å². The van der Waals surface area contributed by atoms with E-state index in [1.54, 1.807) is 33.4 Å². The third kappa shape index (κ3) is 2.86. The van der Waals surface area contributed by atoms with Gasteiger partial charge in [-0.05, 0) is 43.7 Å². The van der Waals surface area contributed by atoms with Crippen molar-refractivity contribution in [1.29, 1.82) is 0 Å². The summed E-state index contributed by atoms with van der Waals surface area (Å²) < 4.78 is 16.7. The summed E-state index contributed by atoms with van der Waals surface area (Å²) >= 11 is 1.46. The van der Waals surface area contributed by atoms with Gasteiger partial charge < -0.3 is 0 Å². The van der Waals surface area contributed by atoms with E-state index in [0.717, 1.165) is 11.3 Å². The number of carbonyl (C=O) groups excluding carboxylic acids is 1. The van der Waals surface area contributed by atoms with Gasteiger partial charge in [-0.1, -0.05) is 30.3 Å². The van der Waals surface area contributed by atoms with Crippen LogP contribution in [-0.2, 0) is 11.8 Å². The second-order valence-electron chi connectivity index (χ2n) is 6.80. The minimum Gasteiger partial charge on any atom is -0.288 e. The van der Waals surface area contributed by atoms with Crippen LogP contribution in [0.25, 0.3) is 5.69 Å². The summed E-state index contributed by atoms with van der Waals surface area (Å²) in [4.78, 5) is 27.9. The van der Waals surface area contributed by atoms with Crippen molar-refractivity contribution in [1.82, 2.24) is 9.36 Å². The smallest absolute Gasteiger partial charge is 0.288 e. The van der Waals surface area contributed by atoms with E-state index in [9.17, 15) is 14.0 Å². The quantitative estimate of drug-likeness (QED) is 0.676. The van der Waals surface area contributed by atoms with E-state index in [1.807, 2.05) is 44.2 Å². The van der Waals surface area contributed by atoms with Gasteiger partial charge >= 0.3 is 0 Å². The SMILES string of the molecule is Cc1c(N2C(=O)C(C)SC2c2ccc(F)cc2)c(=O)n(-c2ccccc2)n1C. The van der Waals surface area contributed by atoms with Gasteiger partial charge in [0.05, 0.1) is 16.6 Å². The molecule has 1 aliphatic heterocycles. The molecule has 0 bridgehead atoms. The van der Waals surface area contributed by atoms with Crippen LogP contribution in [0.1, 0.15) is 23.6 Å². The number of rotatable bonds is 3. The molecule has 1 aliphatic rings. The van der Waals surface area contributed by atoms with E-state index in [0.29, 0.717) is 11.4 Å². The number of carbonyl (C=O) groups is 1. The van der Waals surface area contributed by atoms with Gasteiger partial charge in [0.25, 0.3) is 5.56 Å². The van der Waals surface area contributed by atoms with Gasteiger partial charge in [0.1, 0.15) is 16.9 Å². The normalized spacial score (nSPS) is 19.4. The zero-order valence-corrected chi connectivity index (χ0v) is 16.6. The van der Waals surface area contributed by atoms with Crippen LogP contribution in [-0.4, -0.2) is 20.5 Å². The molecule has 7 heteroatoms. The van der Waals surface area contributed by atoms with E-state index in [1.165, 1.54) is 23.9 Å². The predicted molar refractivity (Wildman–Crippen MR) is 109 cm³/mol. The number of halogens is 1. The Kier molecular flexibility index (Phi) is 4.63. The first-order valence-electron chi connectivity index (χ1n) is 8.98. The molecule has 1 amide bonds. The Balaban J connectivity index is 1.88. The summed E-state index contributed by atoms with van der Waals surface area (Å²) in [7, 11) is 1.80. The van der Waals surface area contributed by atoms with Gasteiger partial charge in [0.2, 0.25) is 5.91 Å². The number of hydrogen-bond donors (Lipinski definition) is 0. The van der Waals surface area contributed by atoms with E-state index in [4.69, 9.17) is 0 Å². The standard InChI is InChI=1S/C21H20FN3O2S/c1-13-18(20(27)25(23(13)3)17-7-5-4-6-8-17)24-19(26)14(2)28-21(24)15-9-11-16(22)12-10-15/h4-12,14,21H,1-3H3. The molecule has 144 valence electrons. The molecule has 28 heavy (non-hydrogen) atoms. The molecule has 3 aromatic rings. The highest BCUT2D eigenvalue weighted by molar-refractivity contribution is 8.01. The lowest BCUT2D eigenvalue weighted by Gasteiger charge is -2.23. The largest absolute Gasteiger partial charge is 0.295 e. The minimum atomic E-state index is -0.374. The molecule has 1 saturated heterocycles. The fraction of sp³-hybridized carbons (Fsp3) is 0.238. The molecule has 0 saturated carbocycles. The predicted octanol–water partition coefficient (Wildman–Crippen LogP) is 3.79. The summed E-state index contributed by atoms with van der Waals surface area (Å²) in [5.74, 6) is -0.453. The number of benzene rings is 2. The number of para-hydroxylation sites is 1. The number of anilines is 1. The topological polar surface area (TPSA) is 47.2 Å². The van der Waals surface area contributed by atoms with Gasteiger partial charge in [-0.3, -0.25) is 19.2 Å². The van der Waals surface area contributed by atoms with Crippen LogP contribution in [0.15, 0.2) is 59.4 Å². The maximum Gasteiger partial charge on any atom is 0.295 e. The molecule has 1 fully saturated rings. The number of nitrogens with zero attached hydrogens (tertiary/aromatic N) is 3. The molecule has 2 aromatic carbocycles. The first-order chi connectivity index (χ1) is 13.4. The Morgan fingerprint density at radius 2 is 1.64 bits per heavy atom. The van der Waals surface area contributed by atoms with E-state index < -0.39 is 0 Å². The Labute approximate surface area is 166 Å². The summed E-state index contributed by atoms with van der Waals surface area (Å²) in [5, 5.41) is -0.666. The van der Waals surface area contributed by atoms with Gasteiger partial charge in [-0.25, -0.2) is 9.07 Å². The molecule has 0 radical (unpaired) electrons. The van der Waals surface area contributed by atoms with Crippen LogP contribution in [0, 0.1) is 12.7 Å². The second kappa shape index (κ2) is 6.98. The van der Waals surface area contributed by atoms with Crippen molar-refractivity contribution in [2.24, 2.45) is 7.05 Å². The first-order valence-corrected chi connectivity index (χ1v) is 9.92. The van der Waals surface area contributed by atoms with Crippen LogP contribution in [0.2, 0.25) is 0 Å². The lowest BCUT2D eigenvalue weighted by atomic mass is 10.2. The Bertz CT molecular complexity index is 1090. The van der Waals surface area contributed by atoms with E-state index in [2.05, 4.69) is 0 Å². The van der Waals surface area contributed by atoms with E-state index in [-0.39, 0.29) is 27.9 Å². The Morgan fingerprint density at radius 1 is 1.00 bits per heavy atom. The lowest BCUT2D eigenvalue weighted by Crippen LogP contribution is -2.34. The van der Waals surface area contributed by atoms with Crippen molar-refractivity contribution in [2.75, 3.05) is 4.90 Å². The Hall–Kier alpha value is -2.80. The lowest BCUT2D eigenvalue weighted by molar-refractivity contribution is -0.117. The molecule has 2 heterocycles. The van der Waals surface area contributed by atoms with Crippen LogP contribution in [0.3, 0.4) is 0 Å². The van der Waals surface area contributed by atoms with Crippen molar-refractivity contribution in [2.45, 2.75) is 24.5 Å². The molecule has 0 aliphatic carbocycles. The number of hydrogen-bond acceptors (Lipinski definition) is 3. The molecule has 0 N–H and O–H groups in total. The third-order valence-electron chi connectivity index (χ3n) is 5.07. The summed E-state index contributed by atoms with van der Waals surface area (Å²) in [6.45, 7) is 3.66. The zero-order chi connectivity index (χ0) is 20.0. The monoisotopic (exact) mass is 397 g/mol. The van der Waals surface area contributed by atoms with Crippen LogP contribution >= 0.6 is 11.8 Å². The fourth-order valence-electron chi connectivity index (χ4n) is 3.54. The molecule has 5 nitrogen and oxygen atoms in total. The fourth-order valence-corrected chi connectivity index (χ4v) is 4.80. The summed E-state index contributed by atoms with van der Waals surface area (Å²) in [6, 6.07) is 15.4. The molecule has 0 spiro atoms. The van der Waals surface area contributed by atoms with Crippen molar-refractivity contribution >= 4 is 23.4 Å². The molecule has 2 atom stereocenters. The van der Waals surface area contributed by atoms with Gasteiger partial charge in [-0.15, -0.1) is 11.8 Å². The highest BCUT2D eigenvalue weighted by Crippen LogP contribution is 2.45. The summed E-state index contributed by atoms with van der Waals surface area (Å²) in [6.07, 6.45) is 0. The number of thioether (sulfide) groups is 1. The van der Waals surface area contributed by atoms with Crippen molar-refractivity contribution < 1.29 is 9.18 Å². The molecule has 2 unspecified atom stereocenters. The van der Waals surface area contributed by atoms with Crippen LogP contribution in [0.4, 0.5) is 10.1 Å². The van der Waals surface area contributed by atoms with Gasteiger partial charge in [-0.2, -0.15) is 0 Å².